The van der Waals surface area contributed by atoms with Crippen molar-refractivity contribution in [2.24, 2.45) is 0 Å². The van der Waals surface area contributed by atoms with E-state index < -0.39 is 30.1 Å². The van der Waals surface area contributed by atoms with Gasteiger partial charge in [-0.05, 0) is 17.7 Å². The van der Waals surface area contributed by atoms with Crippen LogP contribution in [0, 0.1) is 5.82 Å². The topological polar surface area (TPSA) is 58.6 Å². The lowest BCUT2D eigenvalue weighted by Crippen LogP contribution is -2.38. The predicted molar refractivity (Wildman–Crippen MR) is 54.3 cm³/mol. The van der Waals surface area contributed by atoms with Crippen LogP contribution >= 0.6 is 0 Å². The first-order chi connectivity index (χ1) is 8.07. The number of carboxylic acids is 1. The fourth-order valence-corrected chi connectivity index (χ4v) is 1.84. The third-order valence-electron chi connectivity index (χ3n) is 2.81. The maximum absolute atomic E-state index is 13.1. The van der Waals surface area contributed by atoms with Crippen LogP contribution in [0.4, 0.5) is 8.78 Å². The average Bonchev–Trinajstić information content (AvgIpc) is 2.75. The molecule has 1 saturated heterocycles. The summed E-state index contributed by atoms with van der Waals surface area (Å²) in [6.45, 7) is -0.875. The largest absolute Gasteiger partial charge is 0.479 e. The number of hydrogen-bond donors (Lipinski definition) is 2. The summed E-state index contributed by atoms with van der Waals surface area (Å²) in [6, 6.07) is 5.38. The lowest BCUT2D eigenvalue weighted by Gasteiger charge is -2.24. The molecule has 2 rings (SSSR count). The van der Waals surface area contributed by atoms with Crippen molar-refractivity contribution >= 4 is 5.97 Å². The van der Waals surface area contributed by atoms with Crippen LogP contribution in [0.15, 0.2) is 24.3 Å². The SMILES string of the molecule is O=C(O)C1CC(CF)(c2cccc(F)c2)NO1. The van der Waals surface area contributed by atoms with Crippen molar-refractivity contribution in [3.8, 4) is 0 Å². The van der Waals surface area contributed by atoms with E-state index in [1.807, 2.05) is 0 Å². The quantitative estimate of drug-likeness (QED) is 0.841. The van der Waals surface area contributed by atoms with Crippen molar-refractivity contribution in [2.45, 2.75) is 18.1 Å². The Bertz CT molecular complexity index is 440. The molecule has 92 valence electrons. The second-order valence-electron chi connectivity index (χ2n) is 3.98. The summed E-state index contributed by atoms with van der Waals surface area (Å²) < 4.78 is 26.2. The van der Waals surface area contributed by atoms with Crippen molar-refractivity contribution in [1.29, 1.82) is 0 Å². The minimum atomic E-state index is -1.29. The van der Waals surface area contributed by atoms with Crippen molar-refractivity contribution in [3.05, 3.63) is 35.6 Å². The second-order valence-corrected chi connectivity index (χ2v) is 3.98. The molecule has 1 heterocycles. The maximum atomic E-state index is 13.1. The van der Waals surface area contributed by atoms with E-state index >= 15 is 0 Å². The molecule has 0 spiro atoms. The van der Waals surface area contributed by atoms with Crippen LogP contribution in [0.3, 0.4) is 0 Å². The molecule has 2 N–H and O–H groups in total. The van der Waals surface area contributed by atoms with Gasteiger partial charge in [0.1, 0.15) is 12.5 Å². The zero-order chi connectivity index (χ0) is 12.5. The van der Waals surface area contributed by atoms with Crippen LogP contribution < -0.4 is 5.48 Å². The first-order valence-electron chi connectivity index (χ1n) is 5.05. The van der Waals surface area contributed by atoms with Gasteiger partial charge in [0.15, 0.2) is 6.10 Å². The molecule has 1 fully saturated rings. The van der Waals surface area contributed by atoms with Crippen LogP contribution in [-0.4, -0.2) is 23.9 Å². The summed E-state index contributed by atoms with van der Waals surface area (Å²) in [5.41, 5.74) is 1.42. The van der Waals surface area contributed by atoms with E-state index in [-0.39, 0.29) is 6.42 Å². The van der Waals surface area contributed by atoms with E-state index in [2.05, 4.69) is 5.48 Å². The van der Waals surface area contributed by atoms with Crippen LogP contribution in [0.25, 0.3) is 0 Å². The van der Waals surface area contributed by atoms with Gasteiger partial charge in [0, 0.05) is 6.42 Å². The molecule has 1 aromatic rings. The van der Waals surface area contributed by atoms with Crippen LogP contribution in [-0.2, 0) is 15.2 Å². The van der Waals surface area contributed by atoms with Gasteiger partial charge in [-0.2, -0.15) is 5.48 Å². The Morgan fingerprint density at radius 3 is 2.94 bits per heavy atom. The fraction of sp³-hybridized carbons (Fsp3) is 0.364. The highest BCUT2D eigenvalue weighted by Crippen LogP contribution is 2.33. The number of carbonyl (C=O) groups is 1. The van der Waals surface area contributed by atoms with E-state index in [4.69, 9.17) is 9.94 Å². The molecule has 2 unspecified atom stereocenters. The van der Waals surface area contributed by atoms with Gasteiger partial charge in [0.25, 0.3) is 0 Å². The summed E-state index contributed by atoms with van der Waals surface area (Å²) >= 11 is 0. The minimum Gasteiger partial charge on any atom is -0.479 e. The Balaban J connectivity index is 2.30. The van der Waals surface area contributed by atoms with E-state index in [1.165, 1.54) is 24.3 Å². The summed E-state index contributed by atoms with van der Waals surface area (Å²) in [5, 5.41) is 8.78. The standard InChI is InChI=1S/C11H11F2NO3/c12-6-11(5-9(10(15)16)17-14-11)7-2-1-3-8(13)4-7/h1-4,9,14H,5-6H2,(H,15,16). The number of halogens is 2. The van der Waals surface area contributed by atoms with Crippen LogP contribution in [0.2, 0.25) is 0 Å². The van der Waals surface area contributed by atoms with Gasteiger partial charge < -0.3 is 5.11 Å². The molecule has 0 saturated carbocycles. The predicted octanol–water partition coefficient (Wildman–Crippen LogP) is 1.37. The number of nitrogens with one attached hydrogen (secondary N) is 1. The van der Waals surface area contributed by atoms with Gasteiger partial charge >= 0.3 is 5.97 Å². The lowest BCUT2D eigenvalue weighted by molar-refractivity contribution is -0.150. The van der Waals surface area contributed by atoms with E-state index in [0.717, 1.165) is 0 Å². The molecule has 0 aliphatic carbocycles. The van der Waals surface area contributed by atoms with Gasteiger partial charge in [-0.3, -0.25) is 4.84 Å². The van der Waals surface area contributed by atoms with Crippen molar-refractivity contribution in [2.75, 3.05) is 6.67 Å². The average molecular weight is 243 g/mol. The number of rotatable bonds is 3. The summed E-state index contributed by atoms with van der Waals surface area (Å²) in [5.74, 6) is -1.68. The number of alkyl halides is 1. The second kappa shape index (κ2) is 4.38. The molecule has 17 heavy (non-hydrogen) atoms. The third kappa shape index (κ3) is 2.13. The molecule has 2 atom stereocenters. The molecule has 0 radical (unpaired) electrons. The molecule has 1 aliphatic rings. The highest BCUT2D eigenvalue weighted by Gasteiger charge is 2.45. The normalized spacial score (nSPS) is 28.2. The highest BCUT2D eigenvalue weighted by molar-refractivity contribution is 5.72. The summed E-state index contributed by atoms with van der Waals surface area (Å²) in [7, 11) is 0. The summed E-state index contributed by atoms with van der Waals surface area (Å²) in [4.78, 5) is 15.5. The van der Waals surface area contributed by atoms with Gasteiger partial charge in [-0.25, -0.2) is 13.6 Å². The molecular formula is C11H11F2NO3. The fourth-order valence-electron chi connectivity index (χ4n) is 1.84. The Labute approximate surface area is 96.2 Å². The molecule has 4 nitrogen and oxygen atoms in total. The molecule has 1 aromatic carbocycles. The van der Waals surface area contributed by atoms with E-state index in [9.17, 15) is 13.6 Å². The van der Waals surface area contributed by atoms with Gasteiger partial charge in [-0.15, -0.1) is 0 Å². The molecule has 0 amide bonds. The number of benzene rings is 1. The number of carboxylic acid groups (broad SMARTS) is 1. The number of aliphatic carboxylic acids is 1. The first kappa shape index (κ1) is 11.9. The Morgan fingerprint density at radius 2 is 2.41 bits per heavy atom. The van der Waals surface area contributed by atoms with Crippen molar-refractivity contribution in [3.63, 3.8) is 0 Å². The number of hydrogen-bond acceptors (Lipinski definition) is 3. The zero-order valence-corrected chi connectivity index (χ0v) is 8.82. The Kier molecular flexibility index (Phi) is 3.08. The molecule has 6 heteroatoms. The number of hydroxylamine groups is 1. The van der Waals surface area contributed by atoms with Gasteiger partial charge in [0.05, 0.1) is 5.54 Å². The van der Waals surface area contributed by atoms with Crippen molar-refractivity contribution in [1.82, 2.24) is 5.48 Å². The molecular weight excluding hydrogens is 232 g/mol. The smallest absolute Gasteiger partial charge is 0.335 e. The zero-order valence-electron chi connectivity index (χ0n) is 8.82. The first-order valence-corrected chi connectivity index (χ1v) is 5.05. The van der Waals surface area contributed by atoms with Gasteiger partial charge in [0.2, 0.25) is 0 Å². The van der Waals surface area contributed by atoms with Crippen LogP contribution in [0.5, 0.6) is 0 Å². The molecule has 0 bridgehead atoms. The van der Waals surface area contributed by atoms with E-state index in [0.29, 0.717) is 5.56 Å². The lowest BCUT2D eigenvalue weighted by atomic mass is 9.87. The Hall–Kier alpha value is -1.53. The highest BCUT2D eigenvalue weighted by atomic mass is 19.1. The molecule has 1 aliphatic heterocycles. The van der Waals surface area contributed by atoms with Crippen molar-refractivity contribution < 1.29 is 23.5 Å². The Morgan fingerprint density at radius 1 is 1.65 bits per heavy atom. The maximum Gasteiger partial charge on any atom is 0.335 e. The third-order valence-corrected chi connectivity index (χ3v) is 2.81. The summed E-state index contributed by atoms with van der Waals surface area (Å²) in [6.07, 6.45) is -1.21. The van der Waals surface area contributed by atoms with Gasteiger partial charge in [-0.1, -0.05) is 12.1 Å². The monoisotopic (exact) mass is 243 g/mol. The van der Waals surface area contributed by atoms with E-state index in [1.54, 1.807) is 0 Å². The minimum absolute atomic E-state index is 0.0811. The van der Waals surface area contributed by atoms with Crippen LogP contribution in [0.1, 0.15) is 12.0 Å². The molecule has 0 aromatic heterocycles.